The molecule has 0 aliphatic carbocycles. The summed E-state index contributed by atoms with van der Waals surface area (Å²) in [7, 11) is -1.82. The molecule has 2 aromatic carbocycles. The van der Waals surface area contributed by atoms with Gasteiger partial charge in [-0.3, -0.25) is 9.10 Å². The van der Waals surface area contributed by atoms with Gasteiger partial charge in [0.15, 0.2) is 6.10 Å². The number of carbonyl (C=O) groups excluding carboxylic acids is 1. The van der Waals surface area contributed by atoms with Crippen molar-refractivity contribution in [2.45, 2.75) is 25.4 Å². The van der Waals surface area contributed by atoms with Gasteiger partial charge in [0.05, 0.1) is 19.1 Å². The molecule has 1 aliphatic heterocycles. The Kier molecular flexibility index (Phi) is 6.64. The van der Waals surface area contributed by atoms with Gasteiger partial charge in [0.2, 0.25) is 10.0 Å². The van der Waals surface area contributed by atoms with Crippen molar-refractivity contribution in [2.75, 3.05) is 30.8 Å². The van der Waals surface area contributed by atoms with Crippen LogP contribution in [0.25, 0.3) is 0 Å². The van der Waals surface area contributed by atoms with E-state index in [-0.39, 0.29) is 18.9 Å². The Bertz CT molecular complexity index is 944. The van der Waals surface area contributed by atoms with E-state index >= 15 is 0 Å². The van der Waals surface area contributed by atoms with Crippen LogP contribution in [-0.4, -0.2) is 46.9 Å². The minimum Gasteiger partial charge on any atom is -0.497 e. The zero-order valence-electron chi connectivity index (χ0n) is 16.6. The maximum absolute atomic E-state index is 12.6. The Balaban J connectivity index is 1.56. The second-order valence-electron chi connectivity index (χ2n) is 6.94. The molecule has 1 heterocycles. The minimum atomic E-state index is -3.46. The van der Waals surface area contributed by atoms with E-state index in [0.717, 1.165) is 24.8 Å². The van der Waals surface area contributed by atoms with Gasteiger partial charge in [-0.25, -0.2) is 8.42 Å². The number of benzene rings is 2. The molecular formula is C21H26N2O5S. The normalized spacial score (nSPS) is 16.3. The van der Waals surface area contributed by atoms with Crippen molar-refractivity contribution in [1.82, 2.24) is 5.32 Å². The summed E-state index contributed by atoms with van der Waals surface area (Å²) >= 11 is 0. The SMILES string of the molecule is COc1ccc(CCCNC(=O)[C@@H]2CCN(S(C)(=O)=O)c3ccccc3O2)cc1. The van der Waals surface area contributed by atoms with Gasteiger partial charge >= 0.3 is 0 Å². The smallest absolute Gasteiger partial charge is 0.261 e. The Labute approximate surface area is 171 Å². The van der Waals surface area contributed by atoms with Crippen LogP contribution in [0.15, 0.2) is 48.5 Å². The lowest BCUT2D eigenvalue weighted by atomic mass is 10.1. The number of nitrogens with zero attached hydrogens (tertiary/aromatic N) is 1. The Hall–Kier alpha value is -2.74. The lowest BCUT2D eigenvalue weighted by molar-refractivity contribution is -0.128. The predicted octanol–water partition coefficient (Wildman–Crippen LogP) is 2.36. The standard InChI is InChI=1S/C21H26N2O5S/c1-27-17-11-9-16(10-12-17)6-5-14-22-21(24)20-13-15-23(29(2,25)26)18-7-3-4-8-19(18)28-20/h3-4,7-12,20H,5-6,13-15H2,1-2H3,(H,22,24)/t20-/m0/s1. The molecule has 0 saturated heterocycles. The number of anilines is 1. The largest absolute Gasteiger partial charge is 0.497 e. The Morgan fingerprint density at radius 1 is 1.21 bits per heavy atom. The highest BCUT2D eigenvalue weighted by Gasteiger charge is 2.30. The molecule has 0 fully saturated rings. The van der Waals surface area contributed by atoms with E-state index in [0.29, 0.717) is 18.0 Å². The van der Waals surface area contributed by atoms with Crippen LogP contribution in [0.1, 0.15) is 18.4 Å². The summed E-state index contributed by atoms with van der Waals surface area (Å²) in [5.74, 6) is 0.981. The van der Waals surface area contributed by atoms with Crippen molar-refractivity contribution in [3.8, 4) is 11.5 Å². The lowest BCUT2D eigenvalue weighted by Gasteiger charge is -2.20. The van der Waals surface area contributed by atoms with Crippen LogP contribution in [-0.2, 0) is 21.2 Å². The van der Waals surface area contributed by atoms with Gasteiger partial charge in [-0.1, -0.05) is 24.3 Å². The summed E-state index contributed by atoms with van der Waals surface area (Å²) in [6.45, 7) is 0.710. The molecular weight excluding hydrogens is 392 g/mol. The summed E-state index contributed by atoms with van der Waals surface area (Å²) in [4.78, 5) is 12.6. The number of hydrogen-bond acceptors (Lipinski definition) is 5. The molecule has 1 N–H and O–H groups in total. The number of hydrogen-bond donors (Lipinski definition) is 1. The molecule has 0 radical (unpaired) electrons. The van der Waals surface area contributed by atoms with Crippen molar-refractivity contribution in [1.29, 1.82) is 0 Å². The molecule has 0 unspecified atom stereocenters. The fraction of sp³-hybridized carbons (Fsp3) is 0.381. The first-order valence-electron chi connectivity index (χ1n) is 9.52. The molecule has 0 spiro atoms. The van der Waals surface area contributed by atoms with Gasteiger partial charge in [-0.05, 0) is 42.7 Å². The monoisotopic (exact) mass is 418 g/mol. The number of rotatable bonds is 7. The van der Waals surface area contributed by atoms with Crippen molar-refractivity contribution in [3.05, 3.63) is 54.1 Å². The molecule has 7 nitrogen and oxygen atoms in total. The number of nitrogens with one attached hydrogen (secondary N) is 1. The van der Waals surface area contributed by atoms with Crippen LogP contribution in [0, 0.1) is 0 Å². The van der Waals surface area contributed by atoms with Crippen molar-refractivity contribution in [2.24, 2.45) is 0 Å². The summed E-state index contributed by atoms with van der Waals surface area (Å²) in [5.41, 5.74) is 1.63. The number of aryl methyl sites for hydroxylation is 1. The Morgan fingerprint density at radius 2 is 1.93 bits per heavy atom. The molecule has 29 heavy (non-hydrogen) atoms. The van der Waals surface area contributed by atoms with Crippen molar-refractivity contribution >= 4 is 21.6 Å². The van der Waals surface area contributed by atoms with Crippen LogP contribution < -0.4 is 19.1 Å². The molecule has 1 atom stereocenters. The zero-order chi connectivity index (χ0) is 20.9. The third-order valence-corrected chi connectivity index (χ3v) is 5.97. The highest BCUT2D eigenvalue weighted by Crippen LogP contribution is 2.33. The van der Waals surface area contributed by atoms with E-state index in [2.05, 4.69) is 5.32 Å². The first kappa shape index (κ1) is 21.0. The van der Waals surface area contributed by atoms with Gasteiger partial charge in [0.1, 0.15) is 11.5 Å². The second-order valence-corrected chi connectivity index (χ2v) is 8.85. The van der Waals surface area contributed by atoms with E-state index in [1.807, 2.05) is 24.3 Å². The molecule has 1 amide bonds. The average Bonchev–Trinajstić information content (AvgIpc) is 2.91. The van der Waals surface area contributed by atoms with Gasteiger partial charge in [-0.2, -0.15) is 0 Å². The molecule has 0 aromatic heterocycles. The number of ether oxygens (including phenoxy) is 2. The molecule has 2 aromatic rings. The predicted molar refractivity (Wildman–Crippen MR) is 112 cm³/mol. The first-order chi connectivity index (χ1) is 13.9. The molecule has 8 heteroatoms. The van der Waals surface area contributed by atoms with Crippen LogP contribution in [0.3, 0.4) is 0 Å². The van der Waals surface area contributed by atoms with Gasteiger partial charge in [0, 0.05) is 19.5 Å². The zero-order valence-corrected chi connectivity index (χ0v) is 17.4. The van der Waals surface area contributed by atoms with Gasteiger partial charge in [0.25, 0.3) is 5.91 Å². The second kappa shape index (κ2) is 9.17. The number of amides is 1. The number of carbonyl (C=O) groups is 1. The number of para-hydroxylation sites is 2. The third-order valence-electron chi connectivity index (χ3n) is 4.79. The molecule has 0 bridgehead atoms. The molecule has 3 rings (SSSR count). The average molecular weight is 419 g/mol. The highest BCUT2D eigenvalue weighted by atomic mass is 32.2. The van der Waals surface area contributed by atoms with Crippen molar-refractivity contribution in [3.63, 3.8) is 0 Å². The van der Waals surface area contributed by atoms with Crippen molar-refractivity contribution < 1.29 is 22.7 Å². The fourth-order valence-electron chi connectivity index (χ4n) is 3.27. The lowest BCUT2D eigenvalue weighted by Crippen LogP contribution is -2.40. The van der Waals surface area contributed by atoms with E-state index in [4.69, 9.17) is 9.47 Å². The fourth-order valence-corrected chi connectivity index (χ4v) is 4.21. The summed E-state index contributed by atoms with van der Waals surface area (Å²) in [6.07, 6.45) is 2.33. The van der Waals surface area contributed by atoms with E-state index in [9.17, 15) is 13.2 Å². The number of fused-ring (bicyclic) bond motifs is 1. The molecule has 1 aliphatic rings. The summed E-state index contributed by atoms with van der Waals surface area (Å²) in [5, 5.41) is 2.90. The summed E-state index contributed by atoms with van der Waals surface area (Å²) in [6, 6.07) is 14.7. The van der Waals surface area contributed by atoms with Crippen LogP contribution in [0.2, 0.25) is 0 Å². The number of methoxy groups -OCH3 is 1. The van der Waals surface area contributed by atoms with Crippen LogP contribution in [0.5, 0.6) is 11.5 Å². The summed E-state index contributed by atoms with van der Waals surface area (Å²) < 4.78 is 36.5. The van der Waals surface area contributed by atoms with Gasteiger partial charge in [-0.15, -0.1) is 0 Å². The molecule has 0 saturated carbocycles. The Morgan fingerprint density at radius 3 is 2.62 bits per heavy atom. The first-order valence-corrected chi connectivity index (χ1v) is 11.4. The quantitative estimate of drug-likeness (QED) is 0.698. The third kappa shape index (κ3) is 5.41. The maximum Gasteiger partial charge on any atom is 0.261 e. The van der Waals surface area contributed by atoms with E-state index in [1.54, 1.807) is 31.4 Å². The highest BCUT2D eigenvalue weighted by molar-refractivity contribution is 7.92. The van der Waals surface area contributed by atoms with Gasteiger partial charge < -0.3 is 14.8 Å². The molecule has 156 valence electrons. The van der Waals surface area contributed by atoms with E-state index in [1.165, 1.54) is 9.87 Å². The topological polar surface area (TPSA) is 84.9 Å². The maximum atomic E-state index is 12.6. The van der Waals surface area contributed by atoms with Crippen LogP contribution >= 0.6 is 0 Å². The van der Waals surface area contributed by atoms with Crippen LogP contribution in [0.4, 0.5) is 5.69 Å². The minimum absolute atomic E-state index is 0.194. The van der Waals surface area contributed by atoms with E-state index < -0.39 is 16.1 Å². The number of sulfonamides is 1.